The summed E-state index contributed by atoms with van der Waals surface area (Å²) in [5, 5.41) is 8.99. The SMILES string of the molecule is O=C(O)c1cccnc1[CH-]c1cccc(C(F)(F)F)c1.[CH2-]C1CCCCC1[NH-].[Pt]. The van der Waals surface area contributed by atoms with E-state index in [2.05, 4.69) is 11.9 Å². The Morgan fingerprint density at radius 1 is 1.21 bits per heavy atom. The van der Waals surface area contributed by atoms with Gasteiger partial charge in [-0.05, 0) is 5.69 Å². The number of carboxylic acid groups (broad SMARTS) is 1. The van der Waals surface area contributed by atoms with Crippen LogP contribution in [0.3, 0.4) is 0 Å². The van der Waals surface area contributed by atoms with Crippen molar-refractivity contribution in [3.05, 3.63) is 84.1 Å². The minimum absolute atomic E-state index is 0. The first kappa shape index (κ1) is 25.2. The minimum atomic E-state index is -4.44. The van der Waals surface area contributed by atoms with Gasteiger partial charge in [0.05, 0.1) is 0 Å². The Bertz CT molecular complexity index is 789. The van der Waals surface area contributed by atoms with Crippen LogP contribution in [0.5, 0.6) is 0 Å². The van der Waals surface area contributed by atoms with Crippen LogP contribution in [0.15, 0.2) is 42.6 Å². The molecule has 0 amide bonds. The second-order valence-corrected chi connectivity index (χ2v) is 6.66. The van der Waals surface area contributed by atoms with E-state index in [1.165, 1.54) is 56.1 Å². The zero-order valence-electron chi connectivity index (χ0n) is 15.6. The Morgan fingerprint density at radius 3 is 2.45 bits per heavy atom. The number of rotatable bonds is 3. The van der Waals surface area contributed by atoms with E-state index in [1.54, 1.807) is 0 Å². The number of nitrogens with one attached hydrogen (secondary N) is 1. The predicted octanol–water partition coefficient (Wildman–Crippen LogP) is 5.83. The third kappa shape index (κ3) is 7.82. The molecule has 29 heavy (non-hydrogen) atoms. The molecule has 0 spiro atoms. The summed E-state index contributed by atoms with van der Waals surface area (Å²) < 4.78 is 37.8. The third-order valence-corrected chi connectivity index (χ3v) is 4.50. The van der Waals surface area contributed by atoms with Crippen molar-refractivity contribution in [2.45, 2.75) is 37.9 Å². The van der Waals surface area contributed by atoms with Crippen molar-refractivity contribution in [1.82, 2.24) is 4.98 Å². The van der Waals surface area contributed by atoms with Gasteiger partial charge in [-0.3, -0.25) is 9.78 Å². The molecule has 1 aromatic carbocycles. The summed E-state index contributed by atoms with van der Waals surface area (Å²) in [6.45, 7) is 3.89. The van der Waals surface area contributed by atoms with Gasteiger partial charge in [0, 0.05) is 38.4 Å². The quantitative estimate of drug-likeness (QED) is 0.461. The predicted molar refractivity (Wildman–Crippen MR) is 101 cm³/mol. The Labute approximate surface area is 183 Å². The first-order valence-electron chi connectivity index (χ1n) is 8.93. The maximum atomic E-state index is 12.6. The Balaban J connectivity index is 0.000000394. The number of pyridine rings is 1. The van der Waals surface area contributed by atoms with E-state index < -0.39 is 17.7 Å². The number of hydrogen-bond acceptors (Lipinski definition) is 2. The van der Waals surface area contributed by atoms with Crippen molar-refractivity contribution < 1.29 is 44.1 Å². The van der Waals surface area contributed by atoms with E-state index >= 15 is 0 Å². The van der Waals surface area contributed by atoms with Gasteiger partial charge < -0.3 is 17.8 Å². The molecule has 1 fully saturated rings. The number of hydrogen-bond donors (Lipinski definition) is 1. The van der Waals surface area contributed by atoms with Crippen molar-refractivity contribution in [1.29, 1.82) is 0 Å². The largest absolute Gasteiger partial charge is 0.677 e. The number of halogens is 3. The second kappa shape index (κ2) is 11.4. The van der Waals surface area contributed by atoms with Gasteiger partial charge in [0.2, 0.25) is 0 Å². The molecule has 2 atom stereocenters. The van der Waals surface area contributed by atoms with E-state index in [0.29, 0.717) is 5.92 Å². The molecule has 0 aliphatic heterocycles. The van der Waals surface area contributed by atoms with Crippen molar-refractivity contribution in [2.24, 2.45) is 5.92 Å². The second-order valence-electron chi connectivity index (χ2n) is 6.66. The maximum absolute atomic E-state index is 12.6. The molecular formula is C21H22F3N2O2Pt-3. The molecule has 2 N–H and O–H groups in total. The van der Waals surface area contributed by atoms with Crippen LogP contribution in [-0.2, 0) is 27.2 Å². The molecule has 0 saturated heterocycles. The smallest absolute Gasteiger partial charge is 0.407 e. The van der Waals surface area contributed by atoms with Gasteiger partial charge in [0.15, 0.2) is 0 Å². The van der Waals surface area contributed by atoms with Crippen LogP contribution in [-0.4, -0.2) is 22.1 Å². The summed E-state index contributed by atoms with van der Waals surface area (Å²) in [7, 11) is 0. The van der Waals surface area contributed by atoms with Crippen molar-refractivity contribution in [2.75, 3.05) is 0 Å². The molecule has 162 valence electrons. The van der Waals surface area contributed by atoms with Crippen molar-refractivity contribution in [3.63, 3.8) is 0 Å². The van der Waals surface area contributed by atoms with Gasteiger partial charge in [-0.2, -0.15) is 25.1 Å². The Hall–Kier alpha value is -1.85. The average Bonchev–Trinajstić information content (AvgIpc) is 2.64. The Kier molecular flexibility index (Phi) is 9.87. The number of alkyl halides is 3. The van der Waals surface area contributed by atoms with Crippen molar-refractivity contribution >= 4 is 5.97 Å². The molecule has 1 aliphatic rings. The fourth-order valence-corrected chi connectivity index (χ4v) is 2.88. The van der Waals surface area contributed by atoms with Gasteiger partial charge in [0.25, 0.3) is 5.97 Å². The van der Waals surface area contributed by atoms with Crippen LogP contribution in [0.1, 0.15) is 52.9 Å². The number of benzene rings is 1. The molecule has 1 saturated carbocycles. The molecule has 1 aliphatic carbocycles. The van der Waals surface area contributed by atoms with Gasteiger partial charge in [-0.1, -0.05) is 43.9 Å². The maximum Gasteiger partial charge on any atom is 0.407 e. The normalized spacial score (nSPS) is 18.7. The molecule has 2 aromatic rings. The number of carbonyl (C=O) groups is 1. The van der Waals surface area contributed by atoms with Gasteiger partial charge >= 0.3 is 6.18 Å². The molecule has 8 heteroatoms. The number of aromatic carboxylic acids is 1. The zero-order chi connectivity index (χ0) is 20.7. The van der Waals surface area contributed by atoms with E-state index in [9.17, 15) is 18.0 Å². The minimum Gasteiger partial charge on any atom is -0.677 e. The van der Waals surface area contributed by atoms with Gasteiger partial charge in [0.1, 0.15) is 0 Å². The number of carboxylic acids is 1. The summed E-state index contributed by atoms with van der Waals surface area (Å²) in [5.41, 5.74) is 6.91. The molecule has 2 unspecified atom stereocenters. The van der Waals surface area contributed by atoms with Gasteiger partial charge in [-0.25, -0.2) is 0 Å². The van der Waals surface area contributed by atoms with Crippen LogP contribution in [0.4, 0.5) is 13.2 Å². The van der Waals surface area contributed by atoms with Crippen LogP contribution in [0, 0.1) is 19.3 Å². The Morgan fingerprint density at radius 2 is 1.90 bits per heavy atom. The summed E-state index contributed by atoms with van der Waals surface area (Å²) in [6.07, 6.45) is 3.04. The standard InChI is InChI=1S/C14H9F3NO2.C7H13N.Pt/c15-14(16,17)10-4-1-3-9(7-10)8-12-11(13(19)20)5-2-6-18-12;1-6-4-2-3-5-7(6)8;/h1-8H,(H,19,20);6-8H,1-5H2;/q-1;-2;. The molecule has 4 nitrogen and oxygen atoms in total. The van der Waals surface area contributed by atoms with Crippen molar-refractivity contribution in [3.8, 4) is 0 Å². The summed E-state index contributed by atoms with van der Waals surface area (Å²) in [5.74, 6) is -0.764. The van der Waals surface area contributed by atoms with E-state index in [1.807, 2.05) is 0 Å². The fraction of sp³-hybridized carbons (Fsp3) is 0.333. The van der Waals surface area contributed by atoms with Gasteiger partial charge in [-0.15, -0.1) is 30.2 Å². The van der Waals surface area contributed by atoms with E-state index in [4.69, 9.17) is 10.8 Å². The molecule has 1 aromatic heterocycles. The summed E-state index contributed by atoms with van der Waals surface area (Å²) in [6, 6.07) is 7.55. The van der Waals surface area contributed by atoms with E-state index in [0.717, 1.165) is 18.6 Å². The first-order chi connectivity index (χ1) is 13.2. The van der Waals surface area contributed by atoms with Crippen LogP contribution >= 0.6 is 0 Å². The fourth-order valence-electron chi connectivity index (χ4n) is 2.88. The molecule has 3 rings (SSSR count). The monoisotopic (exact) mass is 586 g/mol. The first-order valence-corrected chi connectivity index (χ1v) is 8.93. The summed E-state index contributed by atoms with van der Waals surface area (Å²) >= 11 is 0. The summed E-state index contributed by atoms with van der Waals surface area (Å²) in [4.78, 5) is 14.9. The van der Waals surface area contributed by atoms with Crippen LogP contribution in [0.25, 0.3) is 5.73 Å². The molecular weight excluding hydrogens is 564 g/mol. The van der Waals surface area contributed by atoms with Crippen LogP contribution in [0.2, 0.25) is 0 Å². The zero-order valence-corrected chi connectivity index (χ0v) is 17.8. The third-order valence-electron chi connectivity index (χ3n) is 4.50. The molecule has 0 radical (unpaired) electrons. The number of aromatic nitrogens is 1. The average molecular weight is 586 g/mol. The van der Waals surface area contributed by atoms with Crippen LogP contribution < -0.4 is 0 Å². The van der Waals surface area contributed by atoms with E-state index in [-0.39, 0.29) is 43.9 Å². The molecule has 1 heterocycles. The molecule has 0 bridgehead atoms. The number of nitrogens with zero attached hydrogens (tertiary/aromatic N) is 1. The topological polar surface area (TPSA) is 74.0 Å².